The van der Waals surface area contributed by atoms with Crippen LogP contribution in [0.5, 0.6) is 0 Å². The molecular weight excluding hydrogens is 2100 g/mol. The Kier molecular flexibility index (Phi) is 36.2. The number of hydrogen-bond acceptors (Lipinski definition) is 58. The van der Waals surface area contributed by atoms with Crippen LogP contribution in [0.1, 0.15) is 68.3 Å². The minimum absolute atomic E-state index is 0.00720. The average Bonchev–Trinajstić information content (AvgIpc) is 1.61. The monoisotopic (exact) mass is 2210 g/mol. The Morgan fingerprint density at radius 2 is 0.692 bits per heavy atom. The number of methoxy groups -OCH3 is 5. The van der Waals surface area contributed by atoms with Crippen LogP contribution in [0, 0.1) is 13.8 Å². The molecule has 0 aliphatic carbocycles. The Balaban J connectivity index is 0.686. The first-order chi connectivity index (χ1) is 69.8. The lowest BCUT2D eigenvalue weighted by Gasteiger charge is -2.35. The van der Waals surface area contributed by atoms with E-state index in [-0.39, 0.29) is 140 Å². The van der Waals surface area contributed by atoms with Crippen LogP contribution < -0.4 is 65.4 Å². The van der Waals surface area contributed by atoms with Crippen molar-refractivity contribution >= 4 is 151 Å². The molecule has 10 aromatic heterocycles. The highest BCUT2D eigenvalue weighted by atomic mass is 32.7. The second kappa shape index (κ2) is 47.8. The van der Waals surface area contributed by atoms with Crippen molar-refractivity contribution < 1.29 is 159 Å². The molecule has 0 radical (unpaired) electrons. The van der Waals surface area contributed by atoms with E-state index in [0.717, 1.165) is 28.1 Å². The standard InChI is InChI=1S/C76H109N26O36P5S3/c1-9-38-39(20-45(128-38)99-32-91-46-62(79)83-28-87-66(46)99)134-141(110,144)126-26-43-52(57(120-17-12-115-6)72(132-43)100-33-92-47-63(80)84-29-88-67(47)100)136-139(106,107)123-24-41-51(56(119-16-11-114-5)71(130-41)98-22-37(3)61(78)96-76(98)105)135-140(108,109)124-25-42-53(58(121-18-13-116-7)73(131-42)101-34-93-48-64(81)85-30-89-68(48)101)137-143(112,146)127-27-44-54(59(122-19-14-117-8)74(133-44)102-35-94-49-65(82)86-31-90-69(49)102)138-142(111,145)125-23-40-50(103)55(118-15-10-113-4)70(129-40)97-21-36(2)60(77)95-75(97)104/h21-22,28-35,38-45,50-59,70-74,103H,9-20,23-27H2,1-8H3,(H,106,107)(H,108,109)(H,110,144)(H,111,145)(H,112,146)(H2,77,95,104)(H2,78,96,105)(H2,79,83,87)(H2,80,84,88)(H2,81,85,89)(H2,82,86,90)/p-4/t38-,39-,40-,41-,42-,43-,44-,45-,50+,51+,52+,53+,54+,55?,56?,57?,58?,59?,70-,71-,72-,73-,74-,141?,142?,143?/m1/s1. The van der Waals surface area contributed by atoms with E-state index >= 15 is 28.4 Å². The van der Waals surface area contributed by atoms with Gasteiger partial charge < -0.3 is 171 Å². The van der Waals surface area contributed by atoms with Crippen molar-refractivity contribution in [2.75, 3.05) is 169 Å². The third-order valence-corrected chi connectivity index (χ3v) is 30.5. The zero-order chi connectivity index (χ0) is 104. The number of nitrogens with two attached hydrogens (primary N) is 6. The molecule has 10 aromatic rings. The fourth-order valence-electron chi connectivity index (χ4n) is 16.9. The van der Waals surface area contributed by atoms with Crippen molar-refractivity contribution in [2.45, 2.75) is 175 Å². The first-order valence-corrected chi connectivity index (χ1v) is 55.4. The van der Waals surface area contributed by atoms with Crippen LogP contribution in [-0.2, 0) is 158 Å². The molecule has 6 saturated heterocycles. The SMILES string of the molecule is CC[C@H]1O[C@@H](n2cnc3c(N)ncnc32)C[C@H]1OP([O-])(=S)OC[C@H]1O[C@@H](n2cnc3c(N)ncnc32)C(OCCOC)[C@H]1OP(=O)([O-])OC[C@H]1O[C@@H](n2cc(C)c(N)nc2=O)C(OCCOC)[C@H]1OP(=O)([O-])OC[C@H]1O[C@@H](n2cnc3c(N)ncnc32)C(OCCOC)[C@H]1OP(=O)(S)OC[C@H]1O[C@@H](n2cnc3c(N)ncnc32)C(OCCOC)[C@H]1OP([O-])(=S)OC[C@H]1O[C@@H](n2cc(C)c(N)nc2=O)C(OCCOC)[C@H]1O. The molecule has 62 nitrogen and oxygen atoms in total. The average molecular weight is 2210 g/mol. The van der Waals surface area contributed by atoms with Crippen LogP contribution in [-0.4, -0.2) is 341 Å². The molecule has 0 aromatic carbocycles. The van der Waals surface area contributed by atoms with E-state index in [9.17, 15) is 19.6 Å². The van der Waals surface area contributed by atoms with Crippen LogP contribution in [0.25, 0.3) is 44.7 Å². The summed E-state index contributed by atoms with van der Waals surface area (Å²) in [5, 5.41) is 11.8. The molecule has 6 aliphatic rings. The normalized spacial score (nSPS) is 29.2. The molecule has 6 aliphatic heterocycles. The number of imidazole rings is 4. The van der Waals surface area contributed by atoms with Crippen molar-refractivity contribution in [3.8, 4) is 0 Å². The van der Waals surface area contributed by atoms with Gasteiger partial charge in [0.25, 0.3) is 15.6 Å². The summed E-state index contributed by atoms with van der Waals surface area (Å²) in [6, 6.07) is 0. The molecule has 146 heavy (non-hydrogen) atoms. The molecule has 0 saturated carbocycles. The number of hydrogen-bond donors (Lipinski definition) is 8. The molecule has 70 heteroatoms. The van der Waals surface area contributed by atoms with E-state index in [0.29, 0.717) is 23.1 Å². The molecular formula is C76H105N26O36P5S3-4. The number of thiol groups is 1. The molecule has 6 fully saturated rings. The lowest BCUT2D eigenvalue weighted by molar-refractivity contribution is -0.241. The summed E-state index contributed by atoms with van der Waals surface area (Å²) in [4.78, 5) is 147. The molecule has 16 rings (SSSR count). The van der Waals surface area contributed by atoms with Crippen molar-refractivity contribution in [1.29, 1.82) is 0 Å². The number of phosphoric ester groups is 2. The summed E-state index contributed by atoms with van der Waals surface area (Å²) in [5.74, 6) is -0.460. The van der Waals surface area contributed by atoms with E-state index in [4.69, 9.17) is 179 Å². The first kappa shape index (κ1) is 111. The Morgan fingerprint density at radius 1 is 0.384 bits per heavy atom. The fourth-order valence-corrected chi connectivity index (χ4v) is 23.2. The Bertz CT molecular complexity index is 6580. The van der Waals surface area contributed by atoms with Gasteiger partial charge in [-0.2, -0.15) is 9.97 Å². The van der Waals surface area contributed by atoms with Gasteiger partial charge in [-0.3, -0.25) is 45.6 Å². The lowest BCUT2D eigenvalue weighted by atomic mass is 10.1. The molecule has 16 heterocycles. The van der Waals surface area contributed by atoms with E-state index < -0.39 is 228 Å². The van der Waals surface area contributed by atoms with Gasteiger partial charge in [-0.1, -0.05) is 42.8 Å². The predicted octanol–water partition coefficient (Wildman–Crippen LogP) is -2.17. The van der Waals surface area contributed by atoms with Gasteiger partial charge in [-0.25, -0.2) is 74.0 Å². The van der Waals surface area contributed by atoms with Gasteiger partial charge in [0, 0.05) is 65.5 Å². The summed E-state index contributed by atoms with van der Waals surface area (Å²) >= 11 is 15.7. The molecule has 0 bridgehead atoms. The highest BCUT2D eigenvalue weighted by molar-refractivity contribution is 8.44. The van der Waals surface area contributed by atoms with Gasteiger partial charge >= 0.3 is 18.2 Å². The van der Waals surface area contributed by atoms with Crippen LogP contribution in [0.2, 0.25) is 0 Å². The molecule has 13 N–H and O–H groups in total. The fraction of sp³-hybridized carbons (Fsp3) is 0.632. The number of ether oxygens (including phenoxy) is 16. The van der Waals surface area contributed by atoms with Crippen molar-refractivity contribution in [3.63, 3.8) is 0 Å². The zero-order valence-electron chi connectivity index (χ0n) is 78.7. The lowest BCUT2D eigenvalue weighted by Crippen LogP contribution is -2.42. The number of anilines is 6. The highest BCUT2D eigenvalue weighted by Crippen LogP contribution is 2.60. The van der Waals surface area contributed by atoms with Gasteiger partial charge in [0.05, 0.1) is 137 Å². The largest absolute Gasteiger partial charge is 0.780 e. The van der Waals surface area contributed by atoms with Gasteiger partial charge in [0.2, 0.25) is 0 Å². The van der Waals surface area contributed by atoms with E-state index in [1.807, 2.05) is 0 Å². The summed E-state index contributed by atoms with van der Waals surface area (Å²) in [6.45, 7) is -17.2. The number of nitrogen functional groups attached to an aromatic ring is 6. The van der Waals surface area contributed by atoms with Crippen LogP contribution in [0.3, 0.4) is 0 Å². The Labute approximate surface area is 842 Å². The minimum Gasteiger partial charge on any atom is -0.780 e. The van der Waals surface area contributed by atoms with Crippen LogP contribution >= 0.6 is 48.1 Å². The minimum atomic E-state index is -6.17. The number of nitrogens with zero attached hydrogens (tertiary/aromatic N) is 20. The topological polar surface area (TPSA) is 804 Å². The molecule has 0 amide bonds. The zero-order valence-corrected chi connectivity index (χ0v) is 85.7. The van der Waals surface area contributed by atoms with Gasteiger partial charge in [0.15, 0.2) is 77.0 Å². The maximum atomic E-state index is 15.7. The third-order valence-electron chi connectivity index (χ3n) is 23.9. The highest BCUT2D eigenvalue weighted by Gasteiger charge is 2.57. The maximum Gasteiger partial charge on any atom is 0.386 e. The number of fused-ring (bicyclic) bond motifs is 4. The van der Waals surface area contributed by atoms with Crippen LogP contribution in [0.4, 0.5) is 34.9 Å². The number of aliphatic hydroxyl groups excluding tert-OH is 1. The van der Waals surface area contributed by atoms with Gasteiger partial charge in [-0.15, -0.1) is 0 Å². The molecule has 28 atom stereocenters. The second-order valence-corrected chi connectivity index (χ2v) is 44.2. The quantitative estimate of drug-likeness (QED) is 0.0114. The molecule has 802 valence electrons. The number of aryl methyl sites for hydroxylation is 2. The summed E-state index contributed by atoms with van der Waals surface area (Å²) in [7, 11) is -5.43. The summed E-state index contributed by atoms with van der Waals surface area (Å²) in [5.41, 5.74) is 36.4. The van der Waals surface area contributed by atoms with Crippen molar-refractivity contribution in [2.24, 2.45) is 0 Å². The molecule has 0 spiro atoms. The number of phosphoric acid groups is 2. The summed E-state index contributed by atoms with van der Waals surface area (Å²) < 4.78 is 211. The maximum absolute atomic E-state index is 15.7. The van der Waals surface area contributed by atoms with E-state index in [2.05, 4.69) is 82.0 Å². The van der Waals surface area contributed by atoms with E-state index in [1.165, 1.54) is 100 Å². The van der Waals surface area contributed by atoms with Crippen LogP contribution in [0.15, 0.2) is 72.6 Å². The predicted molar refractivity (Wildman–Crippen MR) is 501 cm³/mol. The van der Waals surface area contributed by atoms with Crippen molar-refractivity contribution in [1.82, 2.24) is 97.2 Å². The van der Waals surface area contributed by atoms with Gasteiger partial charge in [-0.05, 0) is 20.3 Å². The number of rotatable bonds is 52. The Morgan fingerprint density at radius 3 is 1.07 bits per heavy atom. The van der Waals surface area contributed by atoms with E-state index in [1.54, 1.807) is 18.4 Å². The van der Waals surface area contributed by atoms with Gasteiger partial charge in [0.1, 0.15) is 170 Å². The van der Waals surface area contributed by atoms with Crippen molar-refractivity contribution in [3.05, 3.63) is 95.1 Å². The molecule has 10 unspecified atom stereocenters. The first-order valence-electron chi connectivity index (χ1n) is 44.6. The third kappa shape index (κ3) is 25.1. The Hall–Kier alpha value is -8.14. The smallest absolute Gasteiger partial charge is 0.386 e. The number of aliphatic hydroxyl groups is 1. The summed E-state index contributed by atoms with van der Waals surface area (Å²) in [6.07, 6.45) is -23.7. The number of aromatic nitrogens is 20. The second-order valence-electron chi connectivity index (χ2n) is 33.2.